The first kappa shape index (κ1) is 26.1. The van der Waals surface area contributed by atoms with Gasteiger partial charge in [-0.25, -0.2) is 0 Å². The summed E-state index contributed by atoms with van der Waals surface area (Å²) in [5.41, 5.74) is 7.22. The van der Waals surface area contributed by atoms with Crippen molar-refractivity contribution in [3.8, 4) is 5.75 Å². The minimum atomic E-state index is 0.0168. The van der Waals surface area contributed by atoms with Gasteiger partial charge in [-0.15, -0.1) is 18.9 Å². The highest BCUT2D eigenvalue weighted by atomic mass is 16.5. The van der Waals surface area contributed by atoms with E-state index in [1.807, 2.05) is 36.4 Å². The van der Waals surface area contributed by atoms with Gasteiger partial charge in [0.15, 0.2) is 11.5 Å². The number of para-hydroxylation sites is 1. The van der Waals surface area contributed by atoms with E-state index in [0.29, 0.717) is 11.8 Å². The SMILES string of the molecule is C=C.COC1=C(OC)C=C2CCN(C(C)/C(C)=C/C=C\C(C)Oc3ccccc3)CC2=C=C1. The first-order valence-electron chi connectivity index (χ1n) is 11.3. The van der Waals surface area contributed by atoms with Gasteiger partial charge >= 0.3 is 0 Å². The van der Waals surface area contributed by atoms with Crippen LogP contribution >= 0.6 is 0 Å². The second-order valence-corrected chi connectivity index (χ2v) is 7.90. The van der Waals surface area contributed by atoms with Crippen LogP contribution in [0.15, 0.2) is 108 Å². The highest BCUT2D eigenvalue weighted by Crippen LogP contribution is 2.29. The lowest BCUT2D eigenvalue weighted by Gasteiger charge is -2.35. The normalized spacial score (nSPS) is 18.3. The zero-order valence-electron chi connectivity index (χ0n) is 20.6. The minimum absolute atomic E-state index is 0.0168. The number of rotatable bonds is 8. The number of piperidine rings is 1. The quantitative estimate of drug-likeness (QED) is 0.263. The van der Waals surface area contributed by atoms with Crippen LogP contribution in [0.2, 0.25) is 0 Å². The van der Waals surface area contributed by atoms with Crippen LogP contribution in [-0.2, 0) is 9.47 Å². The molecular weight excluding hydrogens is 410 g/mol. The molecule has 3 rings (SSSR count). The number of fused-ring (bicyclic) bond motifs is 1. The smallest absolute Gasteiger partial charge is 0.168 e. The number of hydrogen-bond donors (Lipinski definition) is 0. The van der Waals surface area contributed by atoms with E-state index >= 15 is 0 Å². The molecule has 1 heterocycles. The standard InChI is InChI=1S/C27H33NO3.C2H4/c1-20(10-9-11-21(2)31-25-12-7-6-8-13-25)22(3)28-17-16-23-18-27(30-5)26(29-4)15-14-24(23)19-28;1-2/h6-13,15,18,21-22H,16-17,19H2,1-5H3;1-2H2/b11-9-,20-10+;. The summed E-state index contributed by atoms with van der Waals surface area (Å²) in [6.45, 7) is 14.4. The molecule has 1 aliphatic carbocycles. The molecule has 1 aromatic rings. The summed E-state index contributed by atoms with van der Waals surface area (Å²) < 4.78 is 16.8. The van der Waals surface area contributed by atoms with E-state index in [1.54, 1.807) is 14.2 Å². The van der Waals surface area contributed by atoms with Crippen molar-refractivity contribution in [1.82, 2.24) is 4.90 Å². The van der Waals surface area contributed by atoms with Gasteiger partial charge in [-0.1, -0.05) is 35.9 Å². The summed E-state index contributed by atoms with van der Waals surface area (Å²) in [7, 11) is 3.33. The van der Waals surface area contributed by atoms with E-state index in [9.17, 15) is 0 Å². The van der Waals surface area contributed by atoms with Gasteiger partial charge in [0.25, 0.3) is 0 Å². The van der Waals surface area contributed by atoms with Crippen molar-refractivity contribution in [3.63, 3.8) is 0 Å². The van der Waals surface area contributed by atoms with Crippen LogP contribution in [0.4, 0.5) is 0 Å². The maximum atomic E-state index is 5.91. The lowest BCUT2D eigenvalue weighted by atomic mass is 9.95. The van der Waals surface area contributed by atoms with Gasteiger partial charge in [0, 0.05) is 30.8 Å². The zero-order chi connectivity index (χ0) is 24.2. The Morgan fingerprint density at radius 1 is 1.09 bits per heavy atom. The summed E-state index contributed by atoms with van der Waals surface area (Å²) in [6.07, 6.45) is 11.3. The van der Waals surface area contributed by atoms with Gasteiger partial charge < -0.3 is 14.2 Å². The third kappa shape index (κ3) is 7.42. The Bertz CT molecular complexity index is 962. The van der Waals surface area contributed by atoms with Crippen molar-refractivity contribution < 1.29 is 14.2 Å². The molecule has 0 N–H and O–H groups in total. The number of nitrogens with zero attached hydrogens (tertiary/aromatic N) is 1. The van der Waals surface area contributed by atoms with Crippen LogP contribution in [-0.4, -0.2) is 44.4 Å². The van der Waals surface area contributed by atoms with Gasteiger partial charge in [-0.3, -0.25) is 4.90 Å². The number of likely N-dealkylation sites (tertiary alicyclic amines) is 1. The molecule has 1 aliphatic heterocycles. The summed E-state index contributed by atoms with van der Waals surface area (Å²) in [5.74, 6) is 2.36. The predicted octanol–water partition coefficient (Wildman–Crippen LogP) is 6.38. The third-order valence-electron chi connectivity index (χ3n) is 5.80. The number of ether oxygens (including phenoxy) is 3. The summed E-state index contributed by atoms with van der Waals surface area (Å²) in [5, 5.41) is 0. The van der Waals surface area contributed by atoms with E-state index in [-0.39, 0.29) is 6.10 Å². The molecule has 1 aromatic carbocycles. The predicted molar refractivity (Wildman–Crippen MR) is 137 cm³/mol. The molecule has 176 valence electrons. The number of allylic oxidation sites excluding steroid dienone is 4. The van der Waals surface area contributed by atoms with Crippen LogP contribution in [0.25, 0.3) is 0 Å². The fraction of sp³-hybridized carbons (Fsp3) is 0.345. The zero-order valence-corrected chi connectivity index (χ0v) is 20.6. The van der Waals surface area contributed by atoms with Crippen molar-refractivity contribution in [1.29, 1.82) is 0 Å². The molecule has 0 bridgehead atoms. The lowest BCUT2D eigenvalue weighted by Crippen LogP contribution is -2.39. The van der Waals surface area contributed by atoms with E-state index in [2.05, 4.69) is 68.9 Å². The average Bonchev–Trinajstić information content (AvgIpc) is 3.03. The van der Waals surface area contributed by atoms with Gasteiger partial charge in [-0.05, 0) is 57.0 Å². The molecule has 33 heavy (non-hydrogen) atoms. The molecular formula is C29H37NO3. The first-order valence-corrected chi connectivity index (χ1v) is 11.3. The molecule has 0 saturated carbocycles. The Morgan fingerprint density at radius 3 is 2.45 bits per heavy atom. The lowest BCUT2D eigenvalue weighted by molar-refractivity contribution is 0.237. The maximum absolute atomic E-state index is 5.91. The third-order valence-corrected chi connectivity index (χ3v) is 5.80. The van der Waals surface area contributed by atoms with Crippen molar-refractivity contribution in [2.75, 3.05) is 27.3 Å². The van der Waals surface area contributed by atoms with Gasteiger partial charge in [0.05, 0.1) is 14.2 Å². The number of benzene rings is 1. The largest absolute Gasteiger partial charge is 0.493 e. The van der Waals surface area contributed by atoms with E-state index in [1.165, 1.54) is 16.7 Å². The molecule has 4 nitrogen and oxygen atoms in total. The monoisotopic (exact) mass is 447 g/mol. The Labute approximate surface area is 199 Å². The highest BCUT2D eigenvalue weighted by molar-refractivity contribution is 5.44. The minimum Gasteiger partial charge on any atom is -0.493 e. The van der Waals surface area contributed by atoms with Crippen LogP contribution in [0.3, 0.4) is 0 Å². The molecule has 2 atom stereocenters. The molecule has 1 fully saturated rings. The van der Waals surface area contributed by atoms with Crippen molar-refractivity contribution in [3.05, 3.63) is 108 Å². The maximum Gasteiger partial charge on any atom is 0.168 e. The molecule has 2 unspecified atom stereocenters. The molecule has 0 spiro atoms. The highest BCUT2D eigenvalue weighted by Gasteiger charge is 2.24. The molecule has 0 amide bonds. The molecule has 0 aromatic heterocycles. The summed E-state index contributed by atoms with van der Waals surface area (Å²) in [4.78, 5) is 2.49. The molecule has 1 saturated heterocycles. The molecule has 4 heteroatoms. The first-order chi connectivity index (χ1) is 16.0. The summed E-state index contributed by atoms with van der Waals surface area (Å²) in [6, 6.07) is 10.2. The van der Waals surface area contributed by atoms with E-state index in [0.717, 1.165) is 31.0 Å². The van der Waals surface area contributed by atoms with Crippen molar-refractivity contribution >= 4 is 0 Å². The van der Waals surface area contributed by atoms with Crippen LogP contribution in [0.1, 0.15) is 27.2 Å². The van der Waals surface area contributed by atoms with Crippen molar-refractivity contribution in [2.45, 2.75) is 39.3 Å². The van der Waals surface area contributed by atoms with Gasteiger partial charge in [0.1, 0.15) is 11.9 Å². The Kier molecular flexibility index (Phi) is 10.6. The van der Waals surface area contributed by atoms with Gasteiger partial charge in [-0.2, -0.15) is 0 Å². The topological polar surface area (TPSA) is 30.9 Å². The fourth-order valence-corrected chi connectivity index (χ4v) is 3.74. The van der Waals surface area contributed by atoms with E-state index < -0.39 is 0 Å². The van der Waals surface area contributed by atoms with E-state index in [4.69, 9.17) is 14.2 Å². The average molecular weight is 448 g/mol. The number of methoxy groups -OCH3 is 2. The summed E-state index contributed by atoms with van der Waals surface area (Å²) >= 11 is 0. The van der Waals surface area contributed by atoms with Crippen LogP contribution in [0.5, 0.6) is 5.75 Å². The van der Waals surface area contributed by atoms with Crippen LogP contribution < -0.4 is 4.74 Å². The second kappa shape index (κ2) is 13.4. The Morgan fingerprint density at radius 2 is 1.79 bits per heavy atom. The van der Waals surface area contributed by atoms with Gasteiger partial charge in [0.2, 0.25) is 0 Å². The van der Waals surface area contributed by atoms with Crippen LogP contribution in [0, 0.1) is 0 Å². The fourth-order valence-electron chi connectivity index (χ4n) is 3.74. The number of hydrogen-bond acceptors (Lipinski definition) is 4. The molecule has 0 radical (unpaired) electrons. The van der Waals surface area contributed by atoms with Crippen molar-refractivity contribution in [2.24, 2.45) is 0 Å². The Hall–Kier alpha value is -3.20. The Balaban J connectivity index is 0.00000187. The molecule has 2 aliphatic rings. The second-order valence-electron chi connectivity index (χ2n) is 7.90.